The Balaban J connectivity index is 1.98. The van der Waals surface area contributed by atoms with Gasteiger partial charge in [-0.1, -0.05) is 25.5 Å². The van der Waals surface area contributed by atoms with Crippen molar-refractivity contribution in [2.75, 3.05) is 32.7 Å². The van der Waals surface area contributed by atoms with Gasteiger partial charge in [-0.25, -0.2) is 4.79 Å². The number of hydrogen-bond donors (Lipinski definition) is 1. The maximum absolute atomic E-state index is 12.6. The Labute approximate surface area is 152 Å². The molecule has 3 amide bonds. The Morgan fingerprint density at radius 2 is 1.80 bits per heavy atom. The van der Waals surface area contributed by atoms with Crippen LogP contribution in [0, 0.1) is 5.41 Å². The van der Waals surface area contributed by atoms with Gasteiger partial charge in [0.1, 0.15) is 0 Å². The Morgan fingerprint density at radius 3 is 2.48 bits per heavy atom. The third-order valence-corrected chi connectivity index (χ3v) is 5.36. The molecule has 0 aromatic carbocycles. The van der Waals surface area contributed by atoms with Gasteiger partial charge in [0, 0.05) is 38.8 Å². The van der Waals surface area contributed by atoms with E-state index in [0.29, 0.717) is 32.7 Å². The van der Waals surface area contributed by atoms with Crippen LogP contribution in [0.15, 0.2) is 23.3 Å². The van der Waals surface area contributed by atoms with Crippen molar-refractivity contribution in [1.29, 1.82) is 0 Å². The van der Waals surface area contributed by atoms with E-state index < -0.39 is 0 Å². The zero-order valence-electron chi connectivity index (χ0n) is 16.2. The lowest BCUT2D eigenvalue weighted by atomic mass is 9.72. The maximum atomic E-state index is 12.6. The fourth-order valence-corrected chi connectivity index (χ4v) is 3.87. The van der Waals surface area contributed by atoms with Crippen LogP contribution in [0.2, 0.25) is 0 Å². The molecule has 0 radical (unpaired) electrons. The third kappa shape index (κ3) is 5.10. The van der Waals surface area contributed by atoms with E-state index in [1.807, 2.05) is 17.9 Å². The summed E-state index contributed by atoms with van der Waals surface area (Å²) in [5, 5.41) is 2.83. The lowest BCUT2D eigenvalue weighted by molar-refractivity contribution is -0.125. The largest absolute Gasteiger partial charge is 0.338 e. The predicted molar refractivity (Wildman–Crippen MR) is 101 cm³/mol. The van der Waals surface area contributed by atoms with Crippen LogP contribution in [0.1, 0.15) is 53.4 Å². The molecule has 0 aromatic heterocycles. The average molecular weight is 348 g/mol. The highest BCUT2D eigenvalue weighted by Crippen LogP contribution is 2.40. The molecule has 0 unspecified atom stereocenters. The van der Waals surface area contributed by atoms with Crippen molar-refractivity contribution >= 4 is 11.9 Å². The summed E-state index contributed by atoms with van der Waals surface area (Å²) in [7, 11) is 0. The van der Waals surface area contributed by atoms with Gasteiger partial charge in [-0.3, -0.25) is 4.79 Å². The monoisotopic (exact) mass is 347 g/mol. The van der Waals surface area contributed by atoms with Gasteiger partial charge in [0.2, 0.25) is 5.91 Å². The second kappa shape index (κ2) is 8.54. The summed E-state index contributed by atoms with van der Waals surface area (Å²) in [6.45, 7) is 11.9. The number of urea groups is 1. The van der Waals surface area contributed by atoms with E-state index in [2.05, 4.69) is 26.1 Å². The van der Waals surface area contributed by atoms with E-state index in [9.17, 15) is 9.59 Å². The van der Waals surface area contributed by atoms with E-state index in [4.69, 9.17) is 0 Å². The first-order chi connectivity index (χ1) is 11.8. The predicted octanol–water partition coefficient (Wildman–Crippen LogP) is 3.33. The van der Waals surface area contributed by atoms with Crippen LogP contribution in [0.25, 0.3) is 0 Å². The minimum absolute atomic E-state index is 0.0305. The molecular weight excluding hydrogens is 314 g/mol. The number of allylic oxidation sites excluding steroid dienone is 3. The van der Waals surface area contributed by atoms with Crippen LogP contribution < -0.4 is 5.32 Å². The number of rotatable bonds is 3. The highest BCUT2D eigenvalue weighted by molar-refractivity contribution is 5.88. The number of carbonyl (C=O) groups excluding carboxylic acids is 2. The summed E-state index contributed by atoms with van der Waals surface area (Å²) in [5.41, 5.74) is 2.86. The van der Waals surface area contributed by atoms with Crippen molar-refractivity contribution in [2.45, 2.75) is 53.4 Å². The second-order valence-corrected chi connectivity index (χ2v) is 7.77. The second-order valence-electron chi connectivity index (χ2n) is 7.77. The maximum Gasteiger partial charge on any atom is 0.317 e. The van der Waals surface area contributed by atoms with Crippen LogP contribution in [0.4, 0.5) is 4.79 Å². The third-order valence-electron chi connectivity index (χ3n) is 5.36. The van der Waals surface area contributed by atoms with Crippen LogP contribution >= 0.6 is 0 Å². The van der Waals surface area contributed by atoms with Gasteiger partial charge in [0.05, 0.1) is 0 Å². The lowest BCUT2D eigenvalue weighted by Gasteiger charge is -2.33. The highest BCUT2D eigenvalue weighted by atomic mass is 16.2. The number of hydrogen-bond acceptors (Lipinski definition) is 2. The SMILES string of the molecule is CCNC(=O)N1CCCN(C(=O)/C=C/C2=C(C)CCCC2(C)C)CC1. The fourth-order valence-electron chi connectivity index (χ4n) is 3.87. The van der Waals surface area contributed by atoms with E-state index in [1.54, 1.807) is 11.0 Å². The summed E-state index contributed by atoms with van der Waals surface area (Å²) < 4.78 is 0. The molecule has 0 bridgehead atoms. The zero-order valence-corrected chi connectivity index (χ0v) is 16.2. The first-order valence-electron chi connectivity index (χ1n) is 9.55. The van der Waals surface area contributed by atoms with E-state index in [1.165, 1.54) is 24.0 Å². The number of nitrogens with one attached hydrogen (secondary N) is 1. The first kappa shape index (κ1) is 19.5. The summed E-state index contributed by atoms with van der Waals surface area (Å²) in [6, 6.07) is -0.0305. The number of carbonyl (C=O) groups is 2. The average Bonchev–Trinajstić information content (AvgIpc) is 2.80. The molecule has 5 nitrogen and oxygen atoms in total. The van der Waals surface area contributed by atoms with Crippen molar-refractivity contribution in [3.8, 4) is 0 Å². The Morgan fingerprint density at radius 1 is 1.12 bits per heavy atom. The Kier molecular flexibility index (Phi) is 6.68. The smallest absolute Gasteiger partial charge is 0.317 e. The lowest BCUT2D eigenvalue weighted by Crippen LogP contribution is -2.42. The molecule has 1 saturated heterocycles. The fraction of sp³-hybridized carbons (Fsp3) is 0.700. The highest BCUT2D eigenvalue weighted by Gasteiger charge is 2.27. The molecule has 5 heteroatoms. The molecule has 1 fully saturated rings. The van der Waals surface area contributed by atoms with Crippen molar-refractivity contribution in [2.24, 2.45) is 5.41 Å². The van der Waals surface area contributed by atoms with Gasteiger partial charge in [0.15, 0.2) is 0 Å². The molecule has 1 N–H and O–H groups in total. The van der Waals surface area contributed by atoms with Gasteiger partial charge >= 0.3 is 6.03 Å². The zero-order chi connectivity index (χ0) is 18.4. The summed E-state index contributed by atoms with van der Waals surface area (Å²) >= 11 is 0. The molecule has 0 spiro atoms. The molecule has 2 rings (SSSR count). The standard InChI is InChI=1S/C20H33N3O2/c1-5-21-19(25)23-13-7-12-22(14-15-23)18(24)10-9-17-16(2)8-6-11-20(17,3)4/h9-10H,5-8,11-15H2,1-4H3,(H,21,25)/b10-9+. The van der Waals surface area contributed by atoms with Crippen molar-refractivity contribution in [1.82, 2.24) is 15.1 Å². The summed E-state index contributed by atoms with van der Waals surface area (Å²) in [4.78, 5) is 28.2. The quantitative estimate of drug-likeness (QED) is 0.796. The molecule has 0 aromatic rings. The molecule has 25 heavy (non-hydrogen) atoms. The van der Waals surface area contributed by atoms with Gasteiger partial charge in [-0.15, -0.1) is 0 Å². The van der Waals surface area contributed by atoms with Gasteiger partial charge in [-0.2, -0.15) is 0 Å². The van der Waals surface area contributed by atoms with Crippen LogP contribution in [-0.2, 0) is 4.79 Å². The van der Waals surface area contributed by atoms with E-state index >= 15 is 0 Å². The van der Waals surface area contributed by atoms with Crippen LogP contribution in [-0.4, -0.2) is 54.5 Å². The summed E-state index contributed by atoms with van der Waals surface area (Å²) in [6.07, 6.45) is 8.11. The molecule has 1 aliphatic heterocycles. The van der Waals surface area contributed by atoms with Gasteiger partial charge in [0.25, 0.3) is 0 Å². The molecule has 1 aliphatic carbocycles. The normalized spacial score (nSPS) is 21.4. The van der Waals surface area contributed by atoms with Crippen molar-refractivity contribution in [3.63, 3.8) is 0 Å². The molecule has 1 heterocycles. The molecule has 0 saturated carbocycles. The Hall–Kier alpha value is -1.78. The van der Waals surface area contributed by atoms with Crippen LogP contribution in [0.5, 0.6) is 0 Å². The molecule has 0 atom stereocenters. The van der Waals surface area contributed by atoms with Crippen molar-refractivity contribution < 1.29 is 9.59 Å². The summed E-state index contributed by atoms with van der Waals surface area (Å²) in [5.74, 6) is 0.0550. The van der Waals surface area contributed by atoms with Crippen molar-refractivity contribution in [3.05, 3.63) is 23.3 Å². The molecular formula is C20H33N3O2. The van der Waals surface area contributed by atoms with Gasteiger partial charge < -0.3 is 15.1 Å². The molecule has 140 valence electrons. The van der Waals surface area contributed by atoms with E-state index in [-0.39, 0.29) is 17.4 Å². The minimum atomic E-state index is -0.0305. The Bertz CT molecular complexity index is 563. The van der Waals surface area contributed by atoms with Gasteiger partial charge in [-0.05, 0) is 50.5 Å². The van der Waals surface area contributed by atoms with E-state index in [0.717, 1.165) is 12.8 Å². The topological polar surface area (TPSA) is 52.7 Å². The number of amides is 3. The number of nitrogens with zero attached hydrogens (tertiary/aromatic N) is 2. The first-order valence-corrected chi connectivity index (χ1v) is 9.55. The molecule has 2 aliphatic rings. The van der Waals surface area contributed by atoms with Crippen LogP contribution in [0.3, 0.4) is 0 Å². The minimum Gasteiger partial charge on any atom is -0.338 e.